The van der Waals surface area contributed by atoms with Crippen molar-refractivity contribution in [2.24, 2.45) is 4.40 Å². The van der Waals surface area contributed by atoms with Gasteiger partial charge in [-0.05, 0) is 29.8 Å². The molecule has 0 aromatic heterocycles. The summed E-state index contributed by atoms with van der Waals surface area (Å²) in [5.41, 5.74) is 0.854. The third kappa shape index (κ3) is 3.38. The van der Waals surface area contributed by atoms with Gasteiger partial charge < -0.3 is 9.80 Å². The molecule has 2 heterocycles. The van der Waals surface area contributed by atoms with Crippen molar-refractivity contribution < 1.29 is 17.6 Å². The summed E-state index contributed by atoms with van der Waals surface area (Å²) in [6.07, 6.45) is 4.91. The lowest BCUT2D eigenvalue weighted by atomic mass is 10.1. The monoisotopic (exact) mass is 349 g/mol. The lowest BCUT2D eigenvalue weighted by Crippen LogP contribution is -2.42. The molecule has 24 heavy (non-hydrogen) atoms. The number of hydrogen-bond donors (Lipinski definition) is 0. The predicted octanol–water partition coefficient (Wildman–Crippen LogP) is 1.28. The van der Waals surface area contributed by atoms with Crippen LogP contribution in [-0.4, -0.2) is 49.3 Å². The summed E-state index contributed by atoms with van der Waals surface area (Å²) in [6.45, 7) is 0.466. The van der Waals surface area contributed by atoms with Crippen molar-refractivity contribution in [3.8, 4) is 0 Å². The molecule has 3 rings (SSSR count). The van der Waals surface area contributed by atoms with Crippen LogP contribution in [-0.2, 0) is 21.4 Å². The Hall–Kier alpha value is -2.48. The minimum absolute atomic E-state index is 0.0819. The Morgan fingerprint density at radius 2 is 2.21 bits per heavy atom. The molecular weight excluding hydrogens is 333 g/mol. The molecule has 0 unspecified atom stereocenters. The summed E-state index contributed by atoms with van der Waals surface area (Å²) in [5, 5.41) is 0. The van der Waals surface area contributed by atoms with Crippen LogP contribution in [0.2, 0.25) is 0 Å². The third-order valence-electron chi connectivity index (χ3n) is 3.74. The van der Waals surface area contributed by atoms with Gasteiger partial charge in [0.05, 0.1) is 11.3 Å². The van der Waals surface area contributed by atoms with E-state index < -0.39 is 10.0 Å². The van der Waals surface area contributed by atoms with Crippen molar-refractivity contribution in [2.45, 2.75) is 6.54 Å². The van der Waals surface area contributed by atoms with Crippen LogP contribution in [0.25, 0.3) is 0 Å². The van der Waals surface area contributed by atoms with Crippen LogP contribution in [0.3, 0.4) is 0 Å². The number of benzene rings is 1. The van der Waals surface area contributed by atoms with Gasteiger partial charge in [0.2, 0.25) is 0 Å². The molecule has 1 aromatic rings. The van der Waals surface area contributed by atoms with Crippen molar-refractivity contribution >= 4 is 21.8 Å². The molecule has 6 nitrogen and oxygen atoms in total. The summed E-state index contributed by atoms with van der Waals surface area (Å²) < 4.78 is 40.5. The molecule has 0 bridgehead atoms. The largest absolute Gasteiger partial charge is 0.337 e. The molecule has 1 aromatic carbocycles. The van der Waals surface area contributed by atoms with E-state index >= 15 is 0 Å². The topological polar surface area (TPSA) is 70.1 Å². The third-order valence-corrected chi connectivity index (χ3v) is 4.89. The van der Waals surface area contributed by atoms with E-state index in [0.717, 1.165) is 0 Å². The Balaban J connectivity index is 1.84. The van der Waals surface area contributed by atoms with Crippen LogP contribution in [0.5, 0.6) is 0 Å². The summed E-state index contributed by atoms with van der Waals surface area (Å²) in [6, 6.07) is 5.98. The highest BCUT2D eigenvalue weighted by atomic mass is 32.2. The average Bonchev–Trinajstić information content (AvgIpc) is 2.53. The maximum absolute atomic E-state index is 13.3. The molecule has 0 radical (unpaired) electrons. The van der Waals surface area contributed by atoms with Gasteiger partial charge in [-0.2, -0.15) is 0 Å². The highest BCUT2D eigenvalue weighted by molar-refractivity contribution is 7.90. The number of nitrogens with zero attached hydrogens (tertiary/aromatic N) is 3. The molecule has 0 saturated heterocycles. The van der Waals surface area contributed by atoms with Crippen LogP contribution in [0, 0.1) is 5.82 Å². The standard InChI is InChI=1S/C16H16FN3O3S/c1-19(11-12-4-2-5-13(17)10-12)16(21)14-6-3-7-20-8-9-24(22,23)18-15(14)20/h2-7,10H,8-9,11H2,1H3. The average molecular weight is 349 g/mol. The molecule has 2 aliphatic heterocycles. The summed E-state index contributed by atoms with van der Waals surface area (Å²) in [5.74, 6) is -0.687. The predicted molar refractivity (Wildman–Crippen MR) is 88.0 cm³/mol. The van der Waals surface area contributed by atoms with Crippen molar-refractivity contribution in [3.05, 3.63) is 59.6 Å². The van der Waals surface area contributed by atoms with Gasteiger partial charge in [0.1, 0.15) is 5.82 Å². The van der Waals surface area contributed by atoms with Gasteiger partial charge in [0.25, 0.3) is 15.9 Å². The van der Waals surface area contributed by atoms with Crippen molar-refractivity contribution in [1.82, 2.24) is 9.80 Å². The van der Waals surface area contributed by atoms with Gasteiger partial charge in [-0.25, -0.2) is 12.8 Å². The highest BCUT2D eigenvalue weighted by Crippen LogP contribution is 2.20. The van der Waals surface area contributed by atoms with Crippen LogP contribution in [0.15, 0.2) is 52.6 Å². The van der Waals surface area contributed by atoms with E-state index in [1.54, 1.807) is 42.4 Å². The maximum atomic E-state index is 13.3. The first kappa shape index (κ1) is 16.4. The van der Waals surface area contributed by atoms with Crippen LogP contribution in [0.4, 0.5) is 4.39 Å². The van der Waals surface area contributed by atoms with Gasteiger partial charge in [-0.1, -0.05) is 12.1 Å². The number of rotatable bonds is 3. The van der Waals surface area contributed by atoms with E-state index in [1.807, 2.05) is 0 Å². The number of hydrogen-bond acceptors (Lipinski definition) is 4. The highest BCUT2D eigenvalue weighted by Gasteiger charge is 2.31. The van der Waals surface area contributed by atoms with Gasteiger partial charge in [0.15, 0.2) is 5.84 Å². The molecule has 126 valence electrons. The molecule has 1 amide bonds. The lowest BCUT2D eigenvalue weighted by Gasteiger charge is -2.30. The first-order valence-electron chi connectivity index (χ1n) is 7.34. The fraction of sp³-hybridized carbons (Fsp3) is 0.250. The zero-order chi connectivity index (χ0) is 17.3. The molecule has 0 atom stereocenters. The van der Waals surface area contributed by atoms with Crippen LogP contribution >= 0.6 is 0 Å². The van der Waals surface area contributed by atoms with E-state index in [9.17, 15) is 17.6 Å². The first-order chi connectivity index (χ1) is 11.4. The fourth-order valence-corrected chi connectivity index (χ4v) is 3.56. The Kier molecular flexibility index (Phi) is 4.23. The Morgan fingerprint density at radius 1 is 1.42 bits per heavy atom. The van der Waals surface area contributed by atoms with Gasteiger partial charge in [-0.15, -0.1) is 4.40 Å². The lowest BCUT2D eigenvalue weighted by molar-refractivity contribution is -0.125. The van der Waals surface area contributed by atoms with Crippen molar-refractivity contribution in [2.75, 3.05) is 19.3 Å². The molecule has 0 fully saturated rings. The van der Waals surface area contributed by atoms with E-state index in [0.29, 0.717) is 5.56 Å². The number of carbonyl (C=O) groups is 1. The molecule has 0 spiro atoms. The zero-order valence-corrected chi connectivity index (χ0v) is 13.8. The van der Waals surface area contributed by atoms with E-state index in [2.05, 4.69) is 4.40 Å². The number of fused-ring (bicyclic) bond motifs is 1. The number of amides is 1. The Bertz CT molecular complexity index is 874. The number of allylic oxidation sites excluding steroid dienone is 2. The van der Waals surface area contributed by atoms with Gasteiger partial charge in [-0.3, -0.25) is 4.79 Å². The molecule has 0 saturated carbocycles. The van der Waals surface area contributed by atoms with Crippen molar-refractivity contribution in [3.63, 3.8) is 0 Å². The number of carbonyl (C=O) groups excluding carboxylic acids is 1. The molecule has 0 N–H and O–H groups in total. The summed E-state index contributed by atoms with van der Waals surface area (Å²) in [7, 11) is -1.98. The Labute approximate surface area is 139 Å². The Morgan fingerprint density at radius 3 is 2.96 bits per heavy atom. The molecule has 0 aliphatic carbocycles. The minimum Gasteiger partial charge on any atom is -0.337 e. The number of amidine groups is 1. The summed E-state index contributed by atoms with van der Waals surface area (Å²) in [4.78, 5) is 15.7. The first-order valence-corrected chi connectivity index (χ1v) is 8.95. The molecular formula is C16H16FN3O3S. The maximum Gasteiger partial charge on any atom is 0.257 e. The van der Waals surface area contributed by atoms with E-state index in [4.69, 9.17) is 0 Å². The van der Waals surface area contributed by atoms with Crippen LogP contribution in [0.1, 0.15) is 5.56 Å². The SMILES string of the molecule is CN(Cc1cccc(F)c1)C(=O)C1=CC=CN2CCS(=O)(=O)N=C12. The molecule has 2 aliphatic rings. The smallest absolute Gasteiger partial charge is 0.257 e. The van der Waals surface area contributed by atoms with Crippen LogP contribution < -0.4 is 0 Å². The number of halogens is 1. The van der Waals surface area contributed by atoms with E-state index in [1.165, 1.54) is 17.0 Å². The van der Waals surface area contributed by atoms with Gasteiger partial charge >= 0.3 is 0 Å². The summed E-state index contributed by atoms with van der Waals surface area (Å²) >= 11 is 0. The van der Waals surface area contributed by atoms with Crippen molar-refractivity contribution in [1.29, 1.82) is 0 Å². The number of sulfonamides is 1. The normalized spacial score (nSPS) is 18.5. The second-order valence-corrected chi connectivity index (χ2v) is 7.36. The van der Waals surface area contributed by atoms with Gasteiger partial charge in [0, 0.05) is 26.3 Å². The quantitative estimate of drug-likeness (QED) is 0.824. The second kappa shape index (κ2) is 6.20. The molecule has 8 heteroatoms. The van der Waals surface area contributed by atoms with E-state index in [-0.39, 0.29) is 42.0 Å². The number of likely N-dealkylation sites (N-methyl/N-ethyl adjacent to an activating group) is 1. The fourth-order valence-electron chi connectivity index (χ4n) is 2.57. The zero-order valence-electron chi connectivity index (χ0n) is 13.0. The minimum atomic E-state index is -3.56. The second-order valence-electron chi connectivity index (χ2n) is 5.61.